The minimum absolute atomic E-state index is 0.376. The summed E-state index contributed by atoms with van der Waals surface area (Å²) in [5, 5.41) is 2.14. The fourth-order valence-corrected chi connectivity index (χ4v) is 0.906. The highest BCUT2D eigenvalue weighted by molar-refractivity contribution is 5.96. The lowest BCUT2D eigenvalue weighted by molar-refractivity contribution is -0.130. The summed E-state index contributed by atoms with van der Waals surface area (Å²) in [5.41, 5.74) is 10.8. The van der Waals surface area contributed by atoms with E-state index in [1.54, 1.807) is 0 Å². The highest BCUT2D eigenvalue weighted by Gasteiger charge is 2.13. The fraction of sp³-hybridized carbons (Fsp3) is 0.750. The molecule has 0 saturated heterocycles. The van der Waals surface area contributed by atoms with Crippen molar-refractivity contribution >= 4 is 11.8 Å². The molecule has 0 fully saturated rings. The summed E-state index contributed by atoms with van der Waals surface area (Å²) < 4.78 is 0. The quantitative estimate of drug-likeness (QED) is 0.486. The maximum Gasteiger partial charge on any atom is 0.243 e. The van der Waals surface area contributed by atoms with E-state index in [0.717, 1.165) is 12.8 Å². The van der Waals surface area contributed by atoms with Crippen molar-refractivity contribution in [2.45, 2.75) is 32.2 Å². The van der Waals surface area contributed by atoms with Gasteiger partial charge >= 0.3 is 0 Å². The predicted molar refractivity (Wildman–Crippen MR) is 49.7 cm³/mol. The molecule has 0 unspecified atom stereocenters. The summed E-state index contributed by atoms with van der Waals surface area (Å²) in [6, 6.07) is -0.601. The number of nitrogens with one attached hydrogen (secondary N) is 1. The summed E-state index contributed by atoms with van der Waals surface area (Å²) in [6.07, 6.45) is 2.22. The van der Waals surface area contributed by atoms with Crippen LogP contribution in [0.4, 0.5) is 0 Å². The Labute approximate surface area is 77.8 Å². The Kier molecular flexibility index (Phi) is 6.09. The zero-order valence-electron chi connectivity index (χ0n) is 7.88. The van der Waals surface area contributed by atoms with Crippen molar-refractivity contribution in [3.8, 4) is 0 Å². The van der Waals surface area contributed by atoms with Crippen LogP contribution in [-0.2, 0) is 9.59 Å². The Balaban J connectivity index is 3.63. The first-order valence-electron chi connectivity index (χ1n) is 4.35. The highest BCUT2D eigenvalue weighted by atomic mass is 16.2. The first kappa shape index (κ1) is 12.1. The average Bonchev–Trinajstić information content (AvgIpc) is 2.03. The van der Waals surface area contributed by atoms with Crippen molar-refractivity contribution in [1.82, 2.24) is 5.32 Å². The van der Waals surface area contributed by atoms with Gasteiger partial charge < -0.3 is 11.5 Å². The molecule has 5 nitrogen and oxygen atoms in total. The first-order valence-corrected chi connectivity index (χ1v) is 4.35. The van der Waals surface area contributed by atoms with E-state index in [4.69, 9.17) is 11.5 Å². The fourth-order valence-electron chi connectivity index (χ4n) is 0.906. The number of imide groups is 1. The minimum atomic E-state index is -0.601. The Hall–Kier alpha value is -0.940. The van der Waals surface area contributed by atoms with E-state index >= 15 is 0 Å². The van der Waals surface area contributed by atoms with Crippen LogP contribution >= 0.6 is 0 Å². The van der Waals surface area contributed by atoms with Gasteiger partial charge in [-0.2, -0.15) is 0 Å². The number of hydrogen-bond donors (Lipinski definition) is 3. The van der Waals surface area contributed by atoms with E-state index in [1.165, 1.54) is 6.92 Å². The summed E-state index contributed by atoms with van der Waals surface area (Å²) >= 11 is 0. The van der Waals surface area contributed by atoms with Gasteiger partial charge in [-0.25, -0.2) is 0 Å². The Bertz CT molecular complexity index is 182. The molecule has 13 heavy (non-hydrogen) atoms. The van der Waals surface area contributed by atoms with Crippen LogP contribution in [0, 0.1) is 0 Å². The molecule has 0 aromatic heterocycles. The molecule has 0 aliphatic carbocycles. The third kappa shape index (κ3) is 6.24. The van der Waals surface area contributed by atoms with Crippen LogP contribution in [0.5, 0.6) is 0 Å². The molecule has 76 valence electrons. The molecule has 0 bridgehead atoms. The lowest BCUT2D eigenvalue weighted by Crippen LogP contribution is -2.42. The molecule has 0 aromatic carbocycles. The van der Waals surface area contributed by atoms with E-state index in [-0.39, 0.29) is 5.91 Å². The van der Waals surface area contributed by atoms with E-state index in [2.05, 4.69) is 5.32 Å². The zero-order valence-corrected chi connectivity index (χ0v) is 7.88. The predicted octanol–water partition coefficient (Wildman–Crippen LogP) is -0.895. The highest BCUT2D eigenvalue weighted by Crippen LogP contribution is 1.97. The van der Waals surface area contributed by atoms with Crippen molar-refractivity contribution in [3.63, 3.8) is 0 Å². The van der Waals surface area contributed by atoms with Crippen LogP contribution in [0.2, 0.25) is 0 Å². The number of carbonyl (C=O) groups is 2. The third-order valence-corrected chi connectivity index (χ3v) is 1.61. The molecule has 0 aromatic rings. The third-order valence-electron chi connectivity index (χ3n) is 1.61. The molecular weight excluding hydrogens is 170 g/mol. The molecule has 1 atom stereocenters. The van der Waals surface area contributed by atoms with E-state index in [1.807, 2.05) is 0 Å². The smallest absolute Gasteiger partial charge is 0.243 e. The molecule has 5 N–H and O–H groups in total. The van der Waals surface area contributed by atoms with Crippen molar-refractivity contribution in [2.24, 2.45) is 11.5 Å². The van der Waals surface area contributed by atoms with Gasteiger partial charge in [-0.1, -0.05) is 6.42 Å². The van der Waals surface area contributed by atoms with Crippen molar-refractivity contribution in [3.05, 3.63) is 0 Å². The molecule has 0 saturated carbocycles. The topological polar surface area (TPSA) is 98.2 Å². The van der Waals surface area contributed by atoms with Crippen molar-refractivity contribution in [1.29, 1.82) is 0 Å². The van der Waals surface area contributed by atoms with Crippen LogP contribution in [0.15, 0.2) is 0 Å². The largest absolute Gasteiger partial charge is 0.330 e. The van der Waals surface area contributed by atoms with Crippen molar-refractivity contribution in [2.75, 3.05) is 6.54 Å². The monoisotopic (exact) mass is 187 g/mol. The molecule has 0 aliphatic heterocycles. The minimum Gasteiger partial charge on any atom is -0.330 e. The molecule has 0 aliphatic rings. The van der Waals surface area contributed by atoms with E-state index in [9.17, 15) is 9.59 Å². The second kappa shape index (κ2) is 6.56. The summed E-state index contributed by atoms with van der Waals surface area (Å²) in [6.45, 7) is 1.88. The Morgan fingerprint density at radius 3 is 2.46 bits per heavy atom. The lowest BCUT2D eigenvalue weighted by atomic mass is 10.1. The maximum atomic E-state index is 11.1. The number of carbonyl (C=O) groups excluding carboxylic acids is 2. The molecular formula is C8H17N3O2. The van der Waals surface area contributed by atoms with Gasteiger partial charge in [0.25, 0.3) is 0 Å². The van der Waals surface area contributed by atoms with Crippen LogP contribution in [0.3, 0.4) is 0 Å². The molecule has 5 heteroatoms. The summed E-state index contributed by atoms with van der Waals surface area (Å²) in [5.74, 6) is -0.788. The van der Waals surface area contributed by atoms with E-state index in [0.29, 0.717) is 13.0 Å². The van der Waals surface area contributed by atoms with Crippen LogP contribution < -0.4 is 16.8 Å². The Morgan fingerprint density at radius 1 is 1.38 bits per heavy atom. The molecule has 0 radical (unpaired) electrons. The average molecular weight is 187 g/mol. The van der Waals surface area contributed by atoms with Crippen LogP contribution in [0.25, 0.3) is 0 Å². The van der Waals surface area contributed by atoms with Gasteiger partial charge in [0, 0.05) is 6.92 Å². The number of hydrogen-bond acceptors (Lipinski definition) is 4. The normalized spacial score (nSPS) is 12.2. The van der Waals surface area contributed by atoms with Crippen LogP contribution in [-0.4, -0.2) is 24.4 Å². The standard InChI is InChI=1S/C8H17N3O2/c1-6(12)11-8(13)7(10)4-2-3-5-9/h7H,2-5,9-10H2,1H3,(H,11,12,13)/t7-/m0/s1. The number of amides is 2. The van der Waals surface area contributed by atoms with Gasteiger partial charge in [-0.3, -0.25) is 14.9 Å². The van der Waals surface area contributed by atoms with Gasteiger partial charge in [0.1, 0.15) is 0 Å². The number of rotatable bonds is 5. The SMILES string of the molecule is CC(=O)NC(=O)[C@@H](N)CCCCN. The molecule has 0 spiro atoms. The van der Waals surface area contributed by atoms with Gasteiger partial charge in [0.05, 0.1) is 6.04 Å². The number of unbranched alkanes of at least 4 members (excludes halogenated alkanes) is 1. The van der Waals surface area contributed by atoms with Gasteiger partial charge in [0.15, 0.2) is 0 Å². The molecule has 0 rings (SSSR count). The zero-order chi connectivity index (χ0) is 10.3. The number of nitrogens with two attached hydrogens (primary N) is 2. The molecule has 2 amide bonds. The Morgan fingerprint density at radius 2 is 2.00 bits per heavy atom. The van der Waals surface area contributed by atoms with Gasteiger partial charge in [-0.05, 0) is 19.4 Å². The molecule has 0 heterocycles. The van der Waals surface area contributed by atoms with Crippen molar-refractivity contribution < 1.29 is 9.59 Å². The van der Waals surface area contributed by atoms with Gasteiger partial charge in [0.2, 0.25) is 11.8 Å². The summed E-state index contributed by atoms with van der Waals surface area (Å²) in [7, 11) is 0. The van der Waals surface area contributed by atoms with Gasteiger partial charge in [-0.15, -0.1) is 0 Å². The first-order chi connectivity index (χ1) is 6.07. The maximum absolute atomic E-state index is 11.1. The lowest BCUT2D eigenvalue weighted by Gasteiger charge is -2.09. The van der Waals surface area contributed by atoms with E-state index < -0.39 is 11.9 Å². The second-order valence-corrected chi connectivity index (χ2v) is 2.94. The summed E-state index contributed by atoms with van der Waals surface area (Å²) in [4.78, 5) is 21.5. The second-order valence-electron chi connectivity index (χ2n) is 2.94. The van der Waals surface area contributed by atoms with Crippen LogP contribution in [0.1, 0.15) is 26.2 Å².